The zero-order valence-electron chi connectivity index (χ0n) is 12.9. The van der Waals surface area contributed by atoms with Crippen molar-refractivity contribution in [2.45, 2.75) is 31.5 Å². The highest BCUT2D eigenvalue weighted by molar-refractivity contribution is 8.14. The van der Waals surface area contributed by atoms with E-state index in [0.717, 1.165) is 28.6 Å². The first kappa shape index (κ1) is 14.7. The maximum atomic E-state index is 13.3. The highest BCUT2D eigenvalue weighted by atomic mass is 32.2. The molecule has 2 aliphatic rings. The predicted octanol–water partition coefficient (Wildman–Crippen LogP) is 4.20. The Kier molecular flexibility index (Phi) is 3.81. The molecule has 118 valence electrons. The van der Waals surface area contributed by atoms with Crippen molar-refractivity contribution >= 4 is 16.9 Å². The third kappa shape index (κ3) is 2.53. The molecule has 0 radical (unpaired) electrons. The summed E-state index contributed by atoms with van der Waals surface area (Å²) in [6.07, 6.45) is 2.89. The highest BCUT2D eigenvalue weighted by Crippen LogP contribution is 2.48. The van der Waals surface area contributed by atoms with Crippen LogP contribution in [0.3, 0.4) is 0 Å². The number of aliphatic imine (C=N–C) groups is 1. The van der Waals surface area contributed by atoms with Crippen molar-refractivity contribution in [3.63, 3.8) is 0 Å². The van der Waals surface area contributed by atoms with Crippen LogP contribution in [0.25, 0.3) is 0 Å². The second-order valence-electron chi connectivity index (χ2n) is 5.89. The van der Waals surface area contributed by atoms with E-state index in [2.05, 4.69) is 16.8 Å². The largest absolute Gasteiger partial charge is 0.338 e. The maximum absolute atomic E-state index is 13.3. The summed E-state index contributed by atoms with van der Waals surface area (Å²) in [5, 5.41) is 1.10. The van der Waals surface area contributed by atoms with E-state index in [1.807, 2.05) is 48.3 Å². The lowest BCUT2D eigenvalue weighted by Crippen LogP contribution is -2.35. The third-order valence-corrected chi connectivity index (χ3v) is 5.67. The van der Waals surface area contributed by atoms with Crippen LogP contribution in [0.1, 0.15) is 36.7 Å². The Bertz CT molecular complexity index is 717. The Morgan fingerprint density at radius 2 is 2.04 bits per heavy atom. The second-order valence-corrected chi connectivity index (χ2v) is 6.88. The number of pyridine rings is 1. The number of fused-ring (bicyclic) bond motifs is 1. The Labute approximate surface area is 139 Å². The van der Waals surface area contributed by atoms with E-state index in [9.17, 15) is 4.39 Å². The number of aromatic nitrogens is 1. The van der Waals surface area contributed by atoms with Crippen molar-refractivity contribution in [1.82, 2.24) is 9.88 Å². The van der Waals surface area contributed by atoms with Gasteiger partial charge in [0.1, 0.15) is 11.9 Å². The van der Waals surface area contributed by atoms with E-state index in [0.29, 0.717) is 6.04 Å². The van der Waals surface area contributed by atoms with Crippen LogP contribution in [0.5, 0.6) is 0 Å². The Morgan fingerprint density at radius 3 is 2.74 bits per heavy atom. The first-order valence-corrected chi connectivity index (χ1v) is 8.92. The second kappa shape index (κ2) is 5.96. The molecule has 0 bridgehead atoms. The number of rotatable bonds is 3. The SMILES string of the molecule is CC[C@@H]1CSC2=N[C@@H](c3ccccn3)[C@H](c3ccc(F)cc3)N21. The summed E-state index contributed by atoms with van der Waals surface area (Å²) in [7, 11) is 0. The molecule has 1 aromatic carbocycles. The molecule has 3 nitrogen and oxygen atoms in total. The molecule has 1 fully saturated rings. The van der Waals surface area contributed by atoms with Crippen LogP contribution in [0.4, 0.5) is 4.39 Å². The Morgan fingerprint density at radius 1 is 1.22 bits per heavy atom. The van der Waals surface area contributed by atoms with Gasteiger partial charge in [-0.3, -0.25) is 9.98 Å². The van der Waals surface area contributed by atoms with Crippen molar-refractivity contribution in [3.05, 3.63) is 65.7 Å². The standard InChI is InChI=1S/C18H18FN3S/c1-2-14-11-23-18-21-16(15-5-3-4-10-20-15)17(22(14)18)12-6-8-13(19)9-7-12/h3-10,14,16-17H,2,11H2,1H3/t14-,16+,17+/m1/s1. The average Bonchev–Trinajstić information content (AvgIpc) is 3.15. The van der Waals surface area contributed by atoms with Crippen LogP contribution >= 0.6 is 11.8 Å². The summed E-state index contributed by atoms with van der Waals surface area (Å²) in [6.45, 7) is 2.21. The summed E-state index contributed by atoms with van der Waals surface area (Å²) in [4.78, 5) is 11.9. The highest BCUT2D eigenvalue weighted by Gasteiger charge is 2.45. The van der Waals surface area contributed by atoms with Gasteiger partial charge in [-0.2, -0.15) is 0 Å². The number of benzene rings is 1. The van der Waals surface area contributed by atoms with Crippen LogP contribution < -0.4 is 0 Å². The van der Waals surface area contributed by atoms with Crippen molar-refractivity contribution in [1.29, 1.82) is 0 Å². The molecule has 3 atom stereocenters. The average molecular weight is 327 g/mol. The topological polar surface area (TPSA) is 28.5 Å². The lowest BCUT2D eigenvalue weighted by atomic mass is 9.95. The summed E-state index contributed by atoms with van der Waals surface area (Å²) < 4.78 is 13.3. The van der Waals surface area contributed by atoms with Crippen LogP contribution in [0.2, 0.25) is 0 Å². The number of hydrogen-bond acceptors (Lipinski definition) is 4. The quantitative estimate of drug-likeness (QED) is 0.846. The van der Waals surface area contributed by atoms with E-state index in [-0.39, 0.29) is 17.9 Å². The zero-order valence-corrected chi connectivity index (χ0v) is 13.7. The van der Waals surface area contributed by atoms with E-state index in [1.54, 1.807) is 0 Å². The molecule has 0 N–H and O–H groups in total. The molecule has 2 aromatic rings. The van der Waals surface area contributed by atoms with Gasteiger partial charge in [0, 0.05) is 18.0 Å². The first-order valence-electron chi connectivity index (χ1n) is 7.93. The molecule has 1 saturated heterocycles. The number of thioether (sulfide) groups is 1. The molecule has 1 aromatic heterocycles. The molecular formula is C18H18FN3S. The molecule has 4 rings (SSSR count). The van der Waals surface area contributed by atoms with E-state index >= 15 is 0 Å². The molecule has 0 saturated carbocycles. The van der Waals surface area contributed by atoms with E-state index in [4.69, 9.17) is 4.99 Å². The fourth-order valence-corrected chi connectivity index (χ4v) is 4.71. The van der Waals surface area contributed by atoms with Crippen molar-refractivity contribution in [2.75, 3.05) is 5.75 Å². The fourth-order valence-electron chi connectivity index (χ4n) is 3.37. The van der Waals surface area contributed by atoms with Gasteiger partial charge in [-0.15, -0.1) is 0 Å². The smallest absolute Gasteiger partial charge is 0.160 e. The van der Waals surface area contributed by atoms with Gasteiger partial charge in [-0.05, 0) is 36.2 Å². The van der Waals surface area contributed by atoms with Gasteiger partial charge in [-0.1, -0.05) is 36.9 Å². The summed E-state index contributed by atoms with van der Waals surface area (Å²) >= 11 is 1.82. The molecule has 0 unspecified atom stereocenters. The maximum Gasteiger partial charge on any atom is 0.160 e. The van der Waals surface area contributed by atoms with Crippen LogP contribution in [-0.2, 0) is 0 Å². The number of halogens is 1. The minimum Gasteiger partial charge on any atom is -0.338 e. The molecule has 2 aliphatic heterocycles. The third-order valence-electron chi connectivity index (χ3n) is 4.54. The minimum atomic E-state index is -0.204. The fraction of sp³-hybridized carbons (Fsp3) is 0.333. The normalized spacial score (nSPS) is 26.3. The minimum absolute atomic E-state index is 0.0292. The molecule has 3 heterocycles. The Balaban J connectivity index is 1.78. The van der Waals surface area contributed by atoms with Gasteiger partial charge < -0.3 is 4.90 Å². The lowest BCUT2D eigenvalue weighted by molar-refractivity contribution is 0.255. The van der Waals surface area contributed by atoms with E-state index in [1.165, 1.54) is 12.1 Å². The molecular weight excluding hydrogens is 309 g/mol. The van der Waals surface area contributed by atoms with E-state index < -0.39 is 0 Å². The molecule has 0 aliphatic carbocycles. The predicted molar refractivity (Wildman–Crippen MR) is 91.9 cm³/mol. The summed E-state index contributed by atoms with van der Waals surface area (Å²) in [6, 6.07) is 13.3. The summed E-state index contributed by atoms with van der Waals surface area (Å²) in [5.41, 5.74) is 2.07. The Hall–Kier alpha value is -1.88. The van der Waals surface area contributed by atoms with Gasteiger partial charge in [0.2, 0.25) is 0 Å². The van der Waals surface area contributed by atoms with Gasteiger partial charge >= 0.3 is 0 Å². The monoisotopic (exact) mass is 327 g/mol. The van der Waals surface area contributed by atoms with Crippen molar-refractivity contribution < 1.29 is 4.39 Å². The molecule has 0 spiro atoms. The number of amidine groups is 1. The lowest BCUT2D eigenvalue weighted by Gasteiger charge is -2.31. The van der Waals surface area contributed by atoms with Crippen LogP contribution in [0, 0.1) is 5.82 Å². The van der Waals surface area contributed by atoms with Crippen LogP contribution in [0.15, 0.2) is 53.7 Å². The molecule has 5 heteroatoms. The van der Waals surface area contributed by atoms with Gasteiger partial charge in [0.25, 0.3) is 0 Å². The summed E-state index contributed by atoms with van der Waals surface area (Å²) in [5.74, 6) is 0.868. The zero-order chi connectivity index (χ0) is 15.8. The van der Waals surface area contributed by atoms with Gasteiger partial charge in [0.05, 0.1) is 11.7 Å². The van der Waals surface area contributed by atoms with Crippen molar-refractivity contribution in [3.8, 4) is 0 Å². The number of hydrogen-bond donors (Lipinski definition) is 0. The molecule has 23 heavy (non-hydrogen) atoms. The van der Waals surface area contributed by atoms with Gasteiger partial charge in [0.15, 0.2) is 5.17 Å². The molecule has 0 amide bonds. The van der Waals surface area contributed by atoms with Crippen molar-refractivity contribution in [2.24, 2.45) is 4.99 Å². The first-order chi connectivity index (χ1) is 11.3. The van der Waals surface area contributed by atoms with Crippen LogP contribution in [-0.4, -0.2) is 26.8 Å². The van der Waals surface area contributed by atoms with Gasteiger partial charge in [-0.25, -0.2) is 4.39 Å². The number of nitrogens with zero attached hydrogens (tertiary/aromatic N) is 3.